The largest absolute Gasteiger partial charge is 0.310 e. The van der Waals surface area contributed by atoms with Crippen molar-refractivity contribution in [3.63, 3.8) is 0 Å². The van der Waals surface area contributed by atoms with Crippen LogP contribution in [0.15, 0.2) is 158 Å². The molecule has 9 aromatic rings. The minimum Gasteiger partial charge on any atom is -0.310 e. The van der Waals surface area contributed by atoms with Crippen LogP contribution in [0.5, 0.6) is 0 Å². The van der Waals surface area contributed by atoms with Crippen LogP contribution in [0.1, 0.15) is 67.9 Å². The molecule has 0 aliphatic carbocycles. The van der Waals surface area contributed by atoms with Crippen molar-refractivity contribution in [1.82, 2.24) is 0 Å². The number of anilines is 9. The molecule has 0 bridgehead atoms. The van der Waals surface area contributed by atoms with Gasteiger partial charge < -0.3 is 14.7 Å². The molecule has 0 N–H and O–H groups in total. The lowest BCUT2D eigenvalue weighted by molar-refractivity contribution is 0.591. The Labute approximate surface area is 378 Å². The lowest BCUT2D eigenvalue weighted by Gasteiger charge is -2.43. The molecule has 3 nitrogen and oxygen atoms in total. The van der Waals surface area contributed by atoms with Gasteiger partial charge >= 0.3 is 0 Å². The third-order valence-corrected chi connectivity index (χ3v) is 15.1. The molecule has 0 fully saturated rings. The van der Waals surface area contributed by atoms with E-state index < -0.39 is 6.85 Å². The van der Waals surface area contributed by atoms with Gasteiger partial charge in [-0.25, -0.2) is 0 Å². The molecule has 2 aliphatic rings. The standard InChI is InChI=1S/C56H50BN3S2/c1-35-19-25-41(26-20-35)59-46-33-43(58(39-15-11-9-12-16-39)40-17-13-10-14-18-40)34-47-50(46)57(53-51(59)44-31-37(55(3,4)5)23-29-48(44)61-53)54-52(60(47)42-27-21-36(2)22-28-42)45-32-38(56(6,7)8)24-30-49(45)62-54/h9-34H,1-8H3/i1D3. The SMILES string of the molecule is [2H]C([2H])([2H])c1ccc(N2c3cc(N(c4ccccc4)c4ccccc4)cc4c3B(c3sc5ccc(C(C)(C)C)cc5c3N4c3ccc(C)cc3)c3sc4ccc(C(C)(C)C)cc4c32)cc1. The first kappa shape index (κ1) is 35.5. The van der Waals surface area contributed by atoms with E-state index in [1.807, 2.05) is 34.8 Å². The van der Waals surface area contributed by atoms with Crippen LogP contribution in [0, 0.1) is 13.8 Å². The van der Waals surface area contributed by atoms with Gasteiger partial charge in [-0.05, 0) is 126 Å². The van der Waals surface area contributed by atoms with Crippen molar-refractivity contribution in [2.75, 3.05) is 14.7 Å². The first-order valence-corrected chi connectivity index (χ1v) is 23.2. The van der Waals surface area contributed by atoms with Crippen molar-refractivity contribution in [3.8, 4) is 0 Å². The van der Waals surface area contributed by atoms with Gasteiger partial charge in [-0.2, -0.15) is 0 Å². The van der Waals surface area contributed by atoms with Gasteiger partial charge in [-0.1, -0.05) is 125 Å². The topological polar surface area (TPSA) is 9.72 Å². The summed E-state index contributed by atoms with van der Waals surface area (Å²) in [5.41, 5.74) is 15.0. The number of hydrogen-bond acceptors (Lipinski definition) is 5. The molecule has 11 rings (SSSR count). The molecule has 62 heavy (non-hydrogen) atoms. The second kappa shape index (κ2) is 14.2. The number of rotatable bonds is 5. The molecule has 0 saturated carbocycles. The highest BCUT2D eigenvalue weighted by Crippen LogP contribution is 2.53. The average molecular weight is 843 g/mol. The Hall–Kier alpha value is -6.08. The molecular weight excluding hydrogens is 790 g/mol. The van der Waals surface area contributed by atoms with Crippen molar-refractivity contribution in [2.45, 2.75) is 66.1 Å². The second-order valence-electron chi connectivity index (χ2n) is 18.9. The molecule has 0 saturated heterocycles. The Bertz CT molecular complexity index is 3250. The second-order valence-corrected chi connectivity index (χ2v) is 21.1. The summed E-state index contributed by atoms with van der Waals surface area (Å²) in [5, 5.41) is 2.47. The Morgan fingerprint density at radius 2 is 0.935 bits per heavy atom. The van der Waals surface area contributed by atoms with Gasteiger partial charge in [-0.15, -0.1) is 22.7 Å². The first-order valence-electron chi connectivity index (χ1n) is 23.0. The van der Waals surface area contributed by atoms with Crippen molar-refractivity contribution in [1.29, 1.82) is 0 Å². The van der Waals surface area contributed by atoms with E-state index in [4.69, 9.17) is 4.11 Å². The lowest BCUT2D eigenvalue weighted by atomic mass is 9.39. The van der Waals surface area contributed by atoms with Crippen LogP contribution >= 0.6 is 22.7 Å². The predicted molar refractivity (Wildman–Crippen MR) is 273 cm³/mol. The normalized spacial score (nSPS) is 14.3. The van der Waals surface area contributed by atoms with E-state index in [-0.39, 0.29) is 17.5 Å². The quantitative estimate of drug-likeness (QED) is 0.160. The smallest absolute Gasteiger partial charge is 0.277 e. The van der Waals surface area contributed by atoms with E-state index in [0.717, 1.165) is 45.5 Å². The average Bonchev–Trinajstić information content (AvgIpc) is 3.85. The highest BCUT2D eigenvalue weighted by molar-refractivity contribution is 7.40. The fourth-order valence-corrected chi connectivity index (χ4v) is 12.1. The van der Waals surface area contributed by atoms with E-state index in [0.29, 0.717) is 5.56 Å². The monoisotopic (exact) mass is 842 g/mol. The summed E-state index contributed by atoms with van der Waals surface area (Å²) in [5.74, 6) is 0. The number of nitrogens with zero attached hydrogens (tertiary/aromatic N) is 3. The summed E-state index contributed by atoms with van der Waals surface area (Å²) < 4.78 is 30.0. The van der Waals surface area contributed by atoms with E-state index in [9.17, 15) is 0 Å². The number of hydrogen-bond donors (Lipinski definition) is 0. The number of aryl methyl sites for hydroxylation is 2. The highest BCUT2D eigenvalue weighted by atomic mass is 32.1. The first-order chi connectivity index (χ1) is 31.0. The number of thiophene rings is 2. The number of para-hydroxylation sites is 2. The summed E-state index contributed by atoms with van der Waals surface area (Å²) in [6, 6.07) is 56.8. The van der Waals surface area contributed by atoms with Crippen molar-refractivity contribution in [3.05, 3.63) is 180 Å². The summed E-state index contributed by atoms with van der Waals surface area (Å²) >= 11 is 3.81. The van der Waals surface area contributed by atoms with Crippen LogP contribution in [0.2, 0.25) is 0 Å². The maximum absolute atomic E-state index is 8.30. The third-order valence-electron chi connectivity index (χ3n) is 12.7. The maximum Gasteiger partial charge on any atom is 0.277 e. The maximum atomic E-state index is 8.30. The van der Waals surface area contributed by atoms with Crippen molar-refractivity contribution >= 4 is 116 Å². The molecule has 0 amide bonds. The highest BCUT2D eigenvalue weighted by Gasteiger charge is 2.47. The molecule has 7 aromatic carbocycles. The Morgan fingerprint density at radius 3 is 1.35 bits per heavy atom. The molecule has 2 aliphatic heterocycles. The number of fused-ring (bicyclic) bond motifs is 8. The van der Waals surface area contributed by atoms with Crippen molar-refractivity contribution < 1.29 is 4.11 Å². The van der Waals surface area contributed by atoms with Gasteiger partial charge in [0.1, 0.15) is 0 Å². The van der Waals surface area contributed by atoms with Crippen LogP contribution in [0.4, 0.5) is 51.2 Å². The molecule has 4 heterocycles. The third kappa shape index (κ3) is 6.21. The molecule has 0 radical (unpaired) electrons. The zero-order chi connectivity index (χ0) is 45.2. The van der Waals surface area contributed by atoms with Crippen LogP contribution in [0.3, 0.4) is 0 Å². The summed E-state index contributed by atoms with van der Waals surface area (Å²) in [6.07, 6.45) is 0. The van der Waals surface area contributed by atoms with E-state index in [1.165, 1.54) is 57.6 Å². The van der Waals surface area contributed by atoms with Crippen LogP contribution < -0.4 is 29.7 Å². The van der Waals surface area contributed by atoms with Crippen molar-refractivity contribution in [2.24, 2.45) is 0 Å². The van der Waals surface area contributed by atoms with E-state index >= 15 is 0 Å². The minimum absolute atomic E-state index is 0.0413. The minimum atomic E-state index is -2.22. The fraction of sp³-hybridized carbons (Fsp3) is 0.179. The summed E-state index contributed by atoms with van der Waals surface area (Å²) in [6.45, 7) is 13.6. The molecule has 0 spiro atoms. The Morgan fingerprint density at radius 1 is 0.500 bits per heavy atom. The van der Waals surface area contributed by atoms with Crippen LogP contribution in [-0.2, 0) is 10.8 Å². The zero-order valence-electron chi connectivity index (χ0n) is 39.2. The van der Waals surface area contributed by atoms with Crippen LogP contribution in [0.25, 0.3) is 20.2 Å². The van der Waals surface area contributed by atoms with E-state index in [1.54, 1.807) is 12.1 Å². The molecule has 304 valence electrons. The molecule has 0 atom stereocenters. The van der Waals surface area contributed by atoms with Gasteiger partial charge in [0.25, 0.3) is 6.71 Å². The zero-order valence-corrected chi connectivity index (χ0v) is 37.9. The molecular formula is C56H50BN3S2. The fourth-order valence-electron chi connectivity index (χ4n) is 9.46. The lowest BCUT2D eigenvalue weighted by Crippen LogP contribution is -2.59. The van der Waals surface area contributed by atoms with Gasteiger partial charge in [0.2, 0.25) is 0 Å². The van der Waals surface area contributed by atoms with Crippen LogP contribution in [-0.4, -0.2) is 6.71 Å². The summed E-state index contributed by atoms with van der Waals surface area (Å²) in [4.78, 5) is 7.35. The summed E-state index contributed by atoms with van der Waals surface area (Å²) in [7, 11) is 0. The Balaban J connectivity index is 1.31. The number of benzene rings is 7. The van der Waals surface area contributed by atoms with E-state index in [2.05, 4.69) is 197 Å². The Kier molecular flexibility index (Phi) is 8.15. The van der Waals surface area contributed by atoms with Gasteiger partial charge in [0, 0.05) is 68.0 Å². The molecule has 0 unspecified atom stereocenters. The van der Waals surface area contributed by atoms with Gasteiger partial charge in [0.15, 0.2) is 0 Å². The predicted octanol–water partition coefficient (Wildman–Crippen LogP) is 14.9. The van der Waals surface area contributed by atoms with Gasteiger partial charge in [0.05, 0.1) is 17.1 Å². The van der Waals surface area contributed by atoms with Gasteiger partial charge in [-0.3, -0.25) is 0 Å². The molecule has 2 aromatic heterocycles. The molecule has 6 heteroatoms.